The Morgan fingerprint density at radius 2 is 1.86 bits per heavy atom. The lowest BCUT2D eigenvalue weighted by atomic mass is 10.1. The Labute approximate surface area is 168 Å². The van der Waals surface area contributed by atoms with Crippen LogP contribution in [0.25, 0.3) is 5.78 Å². The Hall–Kier alpha value is -3.08. The third kappa shape index (κ3) is 4.86. The monoisotopic (exact) mass is 421 g/mol. The van der Waals surface area contributed by atoms with E-state index in [2.05, 4.69) is 20.4 Å². The molecule has 3 aromatic rings. The molecule has 29 heavy (non-hydrogen) atoms. The maximum Gasteiger partial charge on any atom is 0.310 e. The normalized spacial score (nSPS) is 10.9. The molecule has 0 spiro atoms. The molecule has 0 fully saturated rings. The molecule has 0 aliphatic carbocycles. The zero-order valence-electron chi connectivity index (χ0n) is 15.8. The molecule has 0 aliphatic heterocycles. The highest BCUT2D eigenvalue weighted by Gasteiger charge is 2.17. The fourth-order valence-corrected chi connectivity index (χ4v) is 3.03. The van der Waals surface area contributed by atoms with Crippen LogP contribution in [0.1, 0.15) is 17.0 Å². The summed E-state index contributed by atoms with van der Waals surface area (Å²) < 4.78 is 32.8. The van der Waals surface area contributed by atoms with Gasteiger partial charge in [-0.15, -0.1) is 5.10 Å². The highest BCUT2D eigenvalue weighted by molar-refractivity contribution is 7.98. The summed E-state index contributed by atoms with van der Waals surface area (Å²) >= 11 is 1.38. The molecule has 152 valence electrons. The minimum atomic E-state index is -0.830. The van der Waals surface area contributed by atoms with E-state index in [4.69, 9.17) is 4.74 Å². The average Bonchev–Trinajstić information content (AvgIpc) is 3.06. The van der Waals surface area contributed by atoms with Crippen LogP contribution in [0.5, 0.6) is 0 Å². The first-order valence-electron chi connectivity index (χ1n) is 8.45. The van der Waals surface area contributed by atoms with E-state index in [0.717, 1.165) is 12.1 Å². The SMILES string of the molecule is CSc1nc2nc(C)c(CC(=O)OCC(=O)Nc3cc(F)cc(F)c3)c(C)n2n1. The summed E-state index contributed by atoms with van der Waals surface area (Å²) in [5.74, 6) is -2.59. The Balaban J connectivity index is 1.64. The van der Waals surface area contributed by atoms with E-state index in [0.29, 0.717) is 34.0 Å². The molecule has 0 radical (unpaired) electrons. The maximum absolute atomic E-state index is 13.2. The van der Waals surface area contributed by atoms with Gasteiger partial charge in [0.15, 0.2) is 6.61 Å². The van der Waals surface area contributed by atoms with Gasteiger partial charge in [0.05, 0.1) is 6.42 Å². The van der Waals surface area contributed by atoms with Crippen molar-refractivity contribution < 1.29 is 23.1 Å². The van der Waals surface area contributed by atoms with Crippen LogP contribution in [0.2, 0.25) is 0 Å². The number of rotatable bonds is 6. The van der Waals surface area contributed by atoms with Gasteiger partial charge in [-0.25, -0.2) is 18.3 Å². The lowest BCUT2D eigenvalue weighted by molar-refractivity contribution is -0.146. The number of hydrogen-bond donors (Lipinski definition) is 1. The fourth-order valence-electron chi connectivity index (χ4n) is 2.70. The van der Waals surface area contributed by atoms with Crippen molar-refractivity contribution in [2.45, 2.75) is 25.4 Å². The number of carbonyl (C=O) groups is 2. The Kier molecular flexibility index (Phi) is 6.06. The maximum atomic E-state index is 13.2. The number of amides is 1. The van der Waals surface area contributed by atoms with Crippen LogP contribution in [-0.4, -0.2) is 44.3 Å². The van der Waals surface area contributed by atoms with Crippen LogP contribution < -0.4 is 5.32 Å². The van der Waals surface area contributed by atoms with Gasteiger partial charge < -0.3 is 10.1 Å². The predicted molar refractivity (Wildman–Crippen MR) is 102 cm³/mol. The van der Waals surface area contributed by atoms with Crippen molar-refractivity contribution in [2.24, 2.45) is 0 Å². The molecule has 1 amide bonds. The van der Waals surface area contributed by atoms with Gasteiger partial charge in [-0.3, -0.25) is 9.59 Å². The molecule has 0 saturated carbocycles. The second kappa shape index (κ2) is 8.52. The number of carbonyl (C=O) groups excluding carboxylic acids is 2. The average molecular weight is 421 g/mol. The molecular formula is C18H17F2N5O3S. The van der Waals surface area contributed by atoms with E-state index in [1.807, 2.05) is 6.26 Å². The molecule has 2 heterocycles. The molecule has 11 heteroatoms. The number of halogens is 2. The number of ether oxygens (including phenoxy) is 1. The summed E-state index contributed by atoms with van der Waals surface area (Å²) in [7, 11) is 0. The van der Waals surface area contributed by atoms with Gasteiger partial charge in [-0.2, -0.15) is 4.98 Å². The van der Waals surface area contributed by atoms with Crippen LogP contribution in [0, 0.1) is 25.5 Å². The summed E-state index contributed by atoms with van der Waals surface area (Å²) in [5, 5.41) is 7.13. The molecule has 1 aromatic carbocycles. The van der Waals surface area contributed by atoms with E-state index < -0.39 is 30.1 Å². The number of nitrogens with one attached hydrogen (secondary N) is 1. The van der Waals surface area contributed by atoms with Crippen LogP contribution in [0.4, 0.5) is 14.5 Å². The first-order valence-corrected chi connectivity index (χ1v) is 9.67. The van der Waals surface area contributed by atoms with Gasteiger partial charge in [0.1, 0.15) is 11.6 Å². The van der Waals surface area contributed by atoms with Crippen molar-refractivity contribution in [1.82, 2.24) is 19.6 Å². The summed E-state index contributed by atoms with van der Waals surface area (Å²) in [4.78, 5) is 32.7. The Bertz CT molecular complexity index is 1080. The zero-order valence-corrected chi connectivity index (χ0v) is 16.6. The van der Waals surface area contributed by atoms with Gasteiger partial charge in [0, 0.05) is 28.7 Å². The number of benzene rings is 1. The minimum Gasteiger partial charge on any atom is -0.455 e. The number of thioether (sulfide) groups is 1. The van der Waals surface area contributed by atoms with E-state index in [1.165, 1.54) is 11.8 Å². The van der Waals surface area contributed by atoms with Crippen molar-refractivity contribution in [3.63, 3.8) is 0 Å². The van der Waals surface area contributed by atoms with Crippen LogP contribution >= 0.6 is 11.8 Å². The molecule has 0 unspecified atom stereocenters. The van der Waals surface area contributed by atoms with Crippen molar-refractivity contribution in [1.29, 1.82) is 0 Å². The topological polar surface area (TPSA) is 98.5 Å². The highest BCUT2D eigenvalue weighted by Crippen LogP contribution is 2.17. The number of fused-ring (bicyclic) bond motifs is 1. The quantitative estimate of drug-likeness (QED) is 0.482. The van der Waals surface area contributed by atoms with Gasteiger partial charge in [-0.1, -0.05) is 11.8 Å². The number of aromatic nitrogens is 4. The van der Waals surface area contributed by atoms with Gasteiger partial charge >= 0.3 is 5.97 Å². The lowest BCUT2D eigenvalue weighted by Gasteiger charge is -2.10. The van der Waals surface area contributed by atoms with Crippen molar-refractivity contribution in [3.05, 3.63) is 46.8 Å². The summed E-state index contributed by atoms with van der Waals surface area (Å²) in [6.07, 6.45) is 1.73. The van der Waals surface area contributed by atoms with Crippen molar-refractivity contribution in [3.8, 4) is 0 Å². The number of esters is 1. The summed E-state index contributed by atoms with van der Waals surface area (Å²) in [5.41, 5.74) is 1.84. The van der Waals surface area contributed by atoms with Crippen LogP contribution in [0.15, 0.2) is 23.4 Å². The highest BCUT2D eigenvalue weighted by atomic mass is 32.2. The van der Waals surface area contributed by atoms with Gasteiger partial charge in [0.2, 0.25) is 5.16 Å². The van der Waals surface area contributed by atoms with Crippen molar-refractivity contribution in [2.75, 3.05) is 18.2 Å². The van der Waals surface area contributed by atoms with Crippen LogP contribution in [0.3, 0.4) is 0 Å². The number of aryl methyl sites for hydroxylation is 2. The lowest BCUT2D eigenvalue weighted by Crippen LogP contribution is -2.22. The Morgan fingerprint density at radius 1 is 1.17 bits per heavy atom. The molecule has 3 rings (SSSR count). The fraction of sp³-hybridized carbons (Fsp3) is 0.278. The van der Waals surface area contributed by atoms with Gasteiger partial charge in [-0.05, 0) is 32.2 Å². The second-order valence-corrected chi connectivity index (χ2v) is 6.89. The third-order valence-corrected chi connectivity index (χ3v) is 4.58. The molecule has 0 aliphatic rings. The summed E-state index contributed by atoms with van der Waals surface area (Å²) in [6, 6.07) is 2.59. The minimum absolute atomic E-state index is 0.0688. The molecular weight excluding hydrogens is 404 g/mol. The molecule has 0 saturated heterocycles. The Morgan fingerprint density at radius 3 is 2.52 bits per heavy atom. The summed E-state index contributed by atoms with van der Waals surface area (Å²) in [6.45, 7) is 2.94. The first-order chi connectivity index (χ1) is 13.8. The predicted octanol–water partition coefficient (Wildman–Crippen LogP) is 2.47. The second-order valence-electron chi connectivity index (χ2n) is 6.12. The van der Waals surface area contributed by atoms with Gasteiger partial charge in [0.25, 0.3) is 11.7 Å². The number of hydrogen-bond acceptors (Lipinski definition) is 7. The zero-order chi connectivity index (χ0) is 21.1. The van der Waals surface area contributed by atoms with E-state index in [1.54, 1.807) is 18.4 Å². The standard InChI is InChI=1S/C18H17F2N5O3S/c1-9-14(10(2)25-17(21-9)23-18(24-25)29-3)7-16(27)28-8-15(26)22-13-5-11(19)4-12(20)6-13/h4-6H,7-8H2,1-3H3,(H,22,26). The molecule has 2 aromatic heterocycles. The van der Waals surface area contributed by atoms with Crippen LogP contribution in [-0.2, 0) is 20.7 Å². The molecule has 8 nitrogen and oxygen atoms in total. The van der Waals surface area contributed by atoms with E-state index in [-0.39, 0.29) is 12.1 Å². The molecule has 1 N–H and O–H groups in total. The third-order valence-electron chi connectivity index (χ3n) is 4.04. The number of anilines is 1. The molecule has 0 bridgehead atoms. The number of nitrogens with zero attached hydrogens (tertiary/aromatic N) is 4. The van der Waals surface area contributed by atoms with Crippen molar-refractivity contribution >= 4 is 35.1 Å². The smallest absolute Gasteiger partial charge is 0.310 e. The largest absolute Gasteiger partial charge is 0.455 e. The van der Waals surface area contributed by atoms with E-state index >= 15 is 0 Å². The van der Waals surface area contributed by atoms with E-state index in [9.17, 15) is 18.4 Å². The molecule has 0 atom stereocenters. The first kappa shape index (κ1) is 20.6.